The third kappa shape index (κ3) is 3.60. The normalized spacial score (nSPS) is 22.7. The van der Waals surface area contributed by atoms with Crippen LogP contribution in [0.2, 0.25) is 0 Å². The lowest BCUT2D eigenvalue weighted by Gasteiger charge is -2.35. The molecule has 2 aliphatic heterocycles. The van der Waals surface area contributed by atoms with E-state index in [1.54, 1.807) is 11.8 Å². The van der Waals surface area contributed by atoms with Crippen molar-refractivity contribution in [3.8, 4) is 5.75 Å². The number of benzene rings is 1. The summed E-state index contributed by atoms with van der Waals surface area (Å²) in [5, 5.41) is 0. The van der Waals surface area contributed by atoms with E-state index < -0.39 is 0 Å². The van der Waals surface area contributed by atoms with E-state index in [1.807, 2.05) is 19.1 Å². The minimum atomic E-state index is 0.322. The van der Waals surface area contributed by atoms with Crippen molar-refractivity contribution >= 4 is 23.4 Å². The molecule has 1 aromatic carbocycles. The highest BCUT2D eigenvalue weighted by molar-refractivity contribution is 7.99. The van der Waals surface area contributed by atoms with Crippen molar-refractivity contribution in [2.24, 2.45) is 0 Å². The van der Waals surface area contributed by atoms with Crippen molar-refractivity contribution in [2.75, 3.05) is 36.1 Å². The molecule has 3 rings (SSSR count). The molecule has 5 heteroatoms. The summed E-state index contributed by atoms with van der Waals surface area (Å²) in [7, 11) is 0. The average Bonchev–Trinajstić information content (AvgIpc) is 3.16. The SMILES string of the molecule is CCCSCC(=O)N1CC2C[C@H]1CN2c1ccc(OCC)cc1. The van der Waals surface area contributed by atoms with Crippen LogP contribution < -0.4 is 9.64 Å². The zero-order valence-corrected chi connectivity index (χ0v) is 14.8. The smallest absolute Gasteiger partial charge is 0.232 e. The van der Waals surface area contributed by atoms with E-state index in [-0.39, 0.29) is 0 Å². The maximum atomic E-state index is 12.3. The first kappa shape index (κ1) is 16.5. The highest BCUT2D eigenvalue weighted by Crippen LogP contribution is 2.35. The van der Waals surface area contributed by atoms with Crippen molar-refractivity contribution in [1.29, 1.82) is 0 Å². The third-order valence-electron chi connectivity index (χ3n) is 4.61. The summed E-state index contributed by atoms with van der Waals surface area (Å²) in [4.78, 5) is 16.9. The van der Waals surface area contributed by atoms with Gasteiger partial charge in [0, 0.05) is 24.8 Å². The Labute approximate surface area is 143 Å². The second kappa shape index (κ2) is 7.47. The number of piperazine rings is 1. The number of anilines is 1. The molecule has 1 unspecified atom stereocenters. The number of fused-ring (bicyclic) bond motifs is 2. The van der Waals surface area contributed by atoms with E-state index >= 15 is 0 Å². The van der Waals surface area contributed by atoms with Crippen molar-refractivity contribution in [1.82, 2.24) is 4.90 Å². The molecule has 0 N–H and O–H groups in total. The summed E-state index contributed by atoms with van der Waals surface area (Å²) in [6, 6.07) is 9.20. The van der Waals surface area contributed by atoms with E-state index in [0.717, 1.165) is 37.4 Å². The molecule has 2 aliphatic rings. The third-order valence-corrected chi connectivity index (χ3v) is 5.76. The van der Waals surface area contributed by atoms with Crippen LogP contribution in [0, 0.1) is 0 Å². The maximum Gasteiger partial charge on any atom is 0.232 e. The predicted molar refractivity (Wildman–Crippen MR) is 96.5 cm³/mol. The number of hydrogen-bond donors (Lipinski definition) is 0. The molecule has 2 bridgehead atoms. The number of carbonyl (C=O) groups excluding carboxylic acids is 1. The summed E-state index contributed by atoms with van der Waals surface area (Å²) in [5.74, 6) is 2.96. The Morgan fingerprint density at radius 2 is 2.00 bits per heavy atom. The Morgan fingerprint density at radius 3 is 2.61 bits per heavy atom. The quantitative estimate of drug-likeness (QED) is 0.718. The van der Waals surface area contributed by atoms with E-state index in [1.165, 1.54) is 5.69 Å². The summed E-state index contributed by atoms with van der Waals surface area (Å²) in [5.41, 5.74) is 1.24. The molecule has 2 saturated heterocycles. The molecule has 1 aromatic rings. The second-order valence-electron chi connectivity index (χ2n) is 6.22. The minimum Gasteiger partial charge on any atom is -0.494 e. The molecule has 0 aliphatic carbocycles. The largest absolute Gasteiger partial charge is 0.494 e. The van der Waals surface area contributed by atoms with E-state index in [4.69, 9.17) is 4.74 Å². The van der Waals surface area contributed by atoms with Gasteiger partial charge >= 0.3 is 0 Å². The van der Waals surface area contributed by atoms with Gasteiger partial charge in [0.1, 0.15) is 5.75 Å². The van der Waals surface area contributed by atoms with Gasteiger partial charge < -0.3 is 14.5 Å². The van der Waals surface area contributed by atoms with Crippen LogP contribution in [-0.2, 0) is 4.79 Å². The highest BCUT2D eigenvalue weighted by atomic mass is 32.2. The Kier molecular flexibility index (Phi) is 5.36. The molecule has 2 fully saturated rings. The molecule has 0 saturated carbocycles. The number of amides is 1. The van der Waals surface area contributed by atoms with Gasteiger partial charge in [-0.2, -0.15) is 11.8 Å². The lowest BCUT2D eigenvalue weighted by molar-refractivity contribution is -0.129. The van der Waals surface area contributed by atoms with Gasteiger partial charge in [-0.15, -0.1) is 0 Å². The number of nitrogens with zero attached hydrogens (tertiary/aromatic N) is 2. The first-order chi connectivity index (χ1) is 11.2. The fourth-order valence-corrected chi connectivity index (χ4v) is 4.35. The molecule has 0 spiro atoms. The van der Waals surface area contributed by atoms with Crippen LogP contribution >= 0.6 is 11.8 Å². The first-order valence-corrected chi connectivity index (χ1v) is 9.75. The van der Waals surface area contributed by atoms with Gasteiger partial charge in [0.2, 0.25) is 5.91 Å². The molecule has 0 aromatic heterocycles. The monoisotopic (exact) mass is 334 g/mol. The molecular weight excluding hydrogens is 308 g/mol. The topological polar surface area (TPSA) is 32.8 Å². The zero-order chi connectivity index (χ0) is 16.2. The molecule has 0 radical (unpaired) electrons. The van der Waals surface area contributed by atoms with E-state index in [0.29, 0.717) is 30.4 Å². The van der Waals surface area contributed by atoms with Crippen LogP contribution in [0.4, 0.5) is 5.69 Å². The van der Waals surface area contributed by atoms with Crippen LogP contribution in [0.15, 0.2) is 24.3 Å². The first-order valence-electron chi connectivity index (χ1n) is 8.59. The van der Waals surface area contributed by atoms with Gasteiger partial charge in [0.05, 0.1) is 18.4 Å². The summed E-state index contributed by atoms with van der Waals surface area (Å²) < 4.78 is 5.51. The van der Waals surface area contributed by atoms with Crippen molar-refractivity contribution in [3.63, 3.8) is 0 Å². The van der Waals surface area contributed by atoms with Crippen LogP contribution in [0.5, 0.6) is 5.75 Å². The Bertz CT molecular complexity index is 534. The van der Waals surface area contributed by atoms with Crippen LogP contribution in [-0.4, -0.2) is 54.1 Å². The molecule has 2 atom stereocenters. The summed E-state index contributed by atoms with van der Waals surface area (Å²) in [6.45, 7) is 6.69. The maximum absolute atomic E-state index is 12.3. The Morgan fingerprint density at radius 1 is 1.22 bits per heavy atom. The molecule has 2 heterocycles. The van der Waals surface area contributed by atoms with E-state index in [2.05, 4.69) is 28.9 Å². The fraction of sp³-hybridized carbons (Fsp3) is 0.611. The number of likely N-dealkylation sites (tertiary alicyclic amines) is 1. The molecule has 4 nitrogen and oxygen atoms in total. The molecular formula is C18H26N2O2S. The minimum absolute atomic E-state index is 0.322. The van der Waals surface area contributed by atoms with Gasteiger partial charge in [-0.1, -0.05) is 6.92 Å². The number of rotatable bonds is 7. The van der Waals surface area contributed by atoms with Gasteiger partial charge in [-0.25, -0.2) is 0 Å². The van der Waals surface area contributed by atoms with Gasteiger partial charge in [0.25, 0.3) is 0 Å². The molecule has 126 valence electrons. The Hall–Kier alpha value is -1.36. The van der Waals surface area contributed by atoms with Gasteiger partial charge in [-0.3, -0.25) is 4.79 Å². The van der Waals surface area contributed by atoms with E-state index in [9.17, 15) is 4.79 Å². The lowest BCUT2D eigenvalue weighted by Crippen LogP contribution is -2.49. The zero-order valence-electron chi connectivity index (χ0n) is 14.0. The average molecular weight is 334 g/mol. The van der Waals surface area contributed by atoms with Gasteiger partial charge in [0.15, 0.2) is 0 Å². The number of hydrogen-bond acceptors (Lipinski definition) is 4. The number of thioether (sulfide) groups is 1. The predicted octanol–water partition coefficient (Wildman–Crippen LogP) is 3.02. The fourth-order valence-electron chi connectivity index (χ4n) is 3.58. The van der Waals surface area contributed by atoms with Crippen LogP contribution in [0.1, 0.15) is 26.7 Å². The van der Waals surface area contributed by atoms with Crippen LogP contribution in [0.25, 0.3) is 0 Å². The summed E-state index contributed by atoms with van der Waals surface area (Å²) in [6.07, 6.45) is 2.24. The number of carbonyl (C=O) groups is 1. The Balaban J connectivity index is 1.56. The standard InChI is InChI=1S/C18H26N2O2S/c1-3-9-23-13-18(21)20-12-15-10-16(20)11-19(15)14-5-7-17(8-6-14)22-4-2/h5-8,15-16H,3-4,9-13H2,1-2H3/t15?,16-/m0/s1. The molecule has 1 amide bonds. The van der Waals surface area contributed by atoms with Gasteiger partial charge in [-0.05, 0) is 49.8 Å². The lowest BCUT2D eigenvalue weighted by atomic mass is 10.2. The number of ether oxygens (including phenoxy) is 1. The highest BCUT2D eigenvalue weighted by Gasteiger charge is 2.44. The van der Waals surface area contributed by atoms with Crippen molar-refractivity contribution in [2.45, 2.75) is 38.8 Å². The summed E-state index contributed by atoms with van der Waals surface area (Å²) >= 11 is 1.76. The van der Waals surface area contributed by atoms with Crippen molar-refractivity contribution < 1.29 is 9.53 Å². The van der Waals surface area contributed by atoms with Crippen molar-refractivity contribution in [3.05, 3.63) is 24.3 Å². The van der Waals surface area contributed by atoms with Crippen LogP contribution in [0.3, 0.4) is 0 Å². The molecule has 23 heavy (non-hydrogen) atoms. The second-order valence-corrected chi connectivity index (χ2v) is 7.33.